The number of fused-ring (bicyclic) bond motifs is 3. The van der Waals surface area contributed by atoms with Crippen LogP contribution in [0, 0.1) is 34.0 Å². The lowest BCUT2D eigenvalue weighted by molar-refractivity contribution is -0.118. The molecule has 10 aromatic rings. The van der Waals surface area contributed by atoms with Crippen LogP contribution in [0.2, 0.25) is 0 Å². The SMILES string of the molecule is CCc1ccc(Oc2nc3ccccn3c(=O)c2/C=C(\C#N)C(=O)NC2CCCCC2)cc1.CCc1ccc(Oc2nc3ccccn3c(=O)c2/C=C(\C#N)C(=O)NCc2ccco2)cc1.CNC(=O)/C(C#N)=C/c1c(Oc2ccc(C(C)(C)C)cc2)nc2ccccn2c1=O. The molecule has 0 saturated heterocycles. The van der Waals surface area contributed by atoms with Gasteiger partial charge in [-0.05, 0) is 151 Å². The van der Waals surface area contributed by atoms with Crippen LogP contribution in [0.3, 0.4) is 0 Å². The summed E-state index contributed by atoms with van der Waals surface area (Å²) in [5, 5.41) is 36.5. The molecule has 0 bridgehead atoms. The molecule has 3 aromatic carbocycles. The largest absolute Gasteiger partial charge is 0.467 e. The highest BCUT2D eigenvalue weighted by atomic mass is 16.5. The van der Waals surface area contributed by atoms with E-state index in [1.54, 1.807) is 110 Å². The van der Waals surface area contributed by atoms with Gasteiger partial charge in [0.05, 0.1) is 12.8 Å². The predicted octanol–water partition coefficient (Wildman–Crippen LogP) is 11.7. The van der Waals surface area contributed by atoms with Crippen LogP contribution in [0.4, 0.5) is 0 Å². The maximum absolute atomic E-state index is 13.3. The maximum Gasteiger partial charge on any atom is 0.269 e. The number of carbonyl (C=O) groups excluding carboxylic acids is 3. The molecule has 1 aliphatic rings. The second-order valence-electron chi connectivity index (χ2n) is 22.9. The lowest BCUT2D eigenvalue weighted by atomic mass is 9.87. The van der Waals surface area contributed by atoms with Gasteiger partial charge in [-0.3, -0.25) is 42.0 Å². The number of furan rings is 1. The Morgan fingerprint density at radius 1 is 0.542 bits per heavy atom. The number of benzene rings is 3. The predicted molar refractivity (Wildman–Crippen MR) is 362 cm³/mol. The number of amides is 3. The summed E-state index contributed by atoms with van der Waals surface area (Å²) in [5.74, 6) is 0.354. The fraction of sp³-hybridized carbons (Fsp3) is 0.216. The number of nitrogens with one attached hydrogen (secondary N) is 3. The van der Waals surface area contributed by atoms with Gasteiger partial charge in [-0.1, -0.05) is 108 Å². The monoisotopic (exact) mass is 1280 g/mol. The number of hydrogen-bond donors (Lipinski definition) is 3. The minimum Gasteiger partial charge on any atom is -0.467 e. The number of pyridine rings is 3. The highest BCUT2D eigenvalue weighted by Crippen LogP contribution is 2.30. The molecule has 22 nitrogen and oxygen atoms in total. The molecule has 3 N–H and O–H groups in total. The van der Waals surface area contributed by atoms with Gasteiger partial charge < -0.3 is 34.6 Å². The number of ether oxygens (including phenoxy) is 3. The summed E-state index contributed by atoms with van der Waals surface area (Å²) in [5.41, 5.74) is 2.67. The van der Waals surface area contributed by atoms with Gasteiger partial charge >= 0.3 is 0 Å². The Bertz CT molecular complexity index is 4900. The molecule has 484 valence electrons. The average molecular weight is 1290 g/mol. The molecule has 1 saturated carbocycles. The van der Waals surface area contributed by atoms with Crippen LogP contribution in [0.25, 0.3) is 35.2 Å². The number of aryl methyl sites for hydroxylation is 2. The number of nitriles is 3. The van der Waals surface area contributed by atoms with Gasteiger partial charge in [0, 0.05) is 31.7 Å². The van der Waals surface area contributed by atoms with Crippen molar-refractivity contribution in [2.75, 3.05) is 7.05 Å². The number of carbonyl (C=O) groups is 3. The van der Waals surface area contributed by atoms with Crippen molar-refractivity contribution in [3.63, 3.8) is 0 Å². The van der Waals surface area contributed by atoms with Crippen LogP contribution in [0.1, 0.15) is 106 Å². The lowest BCUT2D eigenvalue weighted by Gasteiger charge is -2.22. The molecule has 7 heterocycles. The van der Waals surface area contributed by atoms with Crippen LogP contribution in [0.5, 0.6) is 34.9 Å². The number of likely N-dealkylation sites (N-methyl/N-ethyl adjacent to an activating group) is 1. The summed E-state index contributed by atoms with van der Waals surface area (Å²) >= 11 is 0. The highest BCUT2D eigenvalue weighted by Gasteiger charge is 2.23. The molecule has 0 spiro atoms. The Morgan fingerprint density at radius 2 is 0.938 bits per heavy atom. The van der Waals surface area contributed by atoms with Crippen molar-refractivity contribution in [2.24, 2.45) is 0 Å². The number of aromatic nitrogens is 6. The minimum atomic E-state index is -0.648. The molecule has 11 rings (SSSR count). The summed E-state index contributed by atoms with van der Waals surface area (Å²) in [6.07, 6.45) is 16.7. The first-order valence-electron chi connectivity index (χ1n) is 31.0. The number of rotatable bonds is 17. The quantitative estimate of drug-likeness (QED) is 0.0563. The van der Waals surface area contributed by atoms with Crippen LogP contribution in [-0.2, 0) is 39.2 Å². The molecule has 1 aliphatic carbocycles. The van der Waals surface area contributed by atoms with E-state index in [1.165, 1.54) is 44.7 Å². The Kier molecular flexibility index (Phi) is 22.4. The first-order valence-corrected chi connectivity index (χ1v) is 31.0. The van der Waals surface area contributed by atoms with Gasteiger partial charge in [0.25, 0.3) is 34.4 Å². The van der Waals surface area contributed by atoms with Crippen molar-refractivity contribution in [3.8, 4) is 53.1 Å². The molecule has 96 heavy (non-hydrogen) atoms. The van der Waals surface area contributed by atoms with E-state index in [9.17, 15) is 44.6 Å². The van der Waals surface area contributed by atoms with Gasteiger partial charge in [0.15, 0.2) is 0 Å². The summed E-state index contributed by atoms with van der Waals surface area (Å²) in [7, 11) is 1.41. The molecule has 1 fully saturated rings. The van der Waals surface area contributed by atoms with Crippen LogP contribution >= 0.6 is 0 Å². The first kappa shape index (κ1) is 67.9. The second kappa shape index (κ2) is 31.7. The Morgan fingerprint density at radius 3 is 1.30 bits per heavy atom. The fourth-order valence-electron chi connectivity index (χ4n) is 9.99. The van der Waals surface area contributed by atoms with E-state index in [0.717, 1.165) is 61.6 Å². The van der Waals surface area contributed by atoms with Crippen molar-refractivity contribution >= 4 is 52.9 Å². The van der Waals surface area contributed by atoms with Crippen LogP contribution < -0.4 is 46.8 Å². The van der Waals surface area contributed by atoms with Crippen LogP contribution in [-0.4, -0.2) is 59.0 Å². The maximum atomic E-state index is 13.3. The van der Waals surface area contributed by atoms with Gasteiger partial charge in [-0.15, -0.1) is 0 Å². The molecule has 0 atom stereocenters. The highest BCUT2D eigenvalue weighted by molar-refractivity contribution is 6.03. The fourth-order valence-corrected chi connectivity index (χ4v) is 9.99. The van der Waals surface area contributed by atoms with E-state index in [2.05, 4.69) is 58.6 Å². The van der Waals surface area contributed by atoms with E-state index >= 15 is 0 Å². The van der Waals surface area contributed by atoms with Crippen molar-refractivity contribution in [1.82, 2.24) is 44.1 Å². The average Bonchev–Trinajstić information content (AvgIpc) is 0.805. The van der Waals surface area contributed by atoms with Gasteiger partial charge in [0.1, 0.15) is 91.6 Å². The topological polar surface area (TPSA) is 303 Å². The van der Waals surface area contributed by atoms with E-state index in [0.29, 0.717) is 40.0 Å². The third kappa shape index (κ3) is 17.0. The normalized spacial score (nSPS) is 12.6. The van der Waals surface area contributed by atoms with Gasteiger partial charge in [0.2, 0.25) is 17.6 Å². The summed E-state index contributed by atoms with van der Waals surface area (Å²) in [6.45, 7) is 10.5. The third-order valence-electron chi connectivity index (χ3n) is 15.4. The standard InChI is InChI=1S/C26H26N4O3.C25H20N4O4.C23H22N4O3/c1-2-18-11-13-21(14-12-18)33-25-22(26(32)30-15-7-6-10-23(30)29-25)16-19(17-27)24(31)28-20-8-4-3-5-9-20;1-2-17-8-10-19(11-9-17)33-24-21(25(31)29-12-4-3-7-22(29)28-24)14-18(15-26)23(30)27-16-20-6-5-13-32-20;1-23(2,3)16-8-10-17(11-9-16)30-21-18(13-15(14-24)20(28)25-4)22(29)27-12-6-5-7-19(27)26-21/h6-7,10-16,20H,2-5,8-9H2,1H3,(H,28,31);3-14H,2,16H2,1H3,(H,27,30);5-13H,1-4H3,(H,25,28)/b19-16+;18-14+;15-13+. The first-order chi connectivity index (χ1) is 46.4. The molecule has 7 aromatic heterocycles. The molecular weight excluding hydrogens is 1220 g/mol. The van der Waals surface area contributed by atoms with Crippen molar-refractivity contribution < 1.29 is 33.0 Å². The van der Waals surface area contributed by atoms with Crippen molar-refractivity contribution in [2.45, 2.75) is 97.6 Å². The molecule has 0 aliphatic heterocycles. The van der Waals surface area contributed by atoms with E-state index < -0.39 is 34.4 Å². The minimum absolute atomic E-state index is 0.00188. The van der Waals surface area contributed by atoms with Gasteiger partial charge in [-0.25, -0.2) is 0 Å². The smallest absolute Gasteiger partial charge is 0.269 e. The van der Waals surface area contributed by atoms with E-state index in [1.807, 2.05) is 73.7 Å². The molecule has 22 heteroatoms. The lowest BCUT2D eigenvalue weighted by Crippen LogP contribution is -2.36. The Hall–Kier alpha value is -12.5. The van der Waals surface area contributed by atoms with Gasteiger partial charge in [-0.2, -0.15) is 30.7 Å². The zero-order chi connectivity index (χ0) is 68.3. The zero-order valence-corrected chi connectivity index (χ0v) is 53.7. The Balaban J connectivity index is 0.000000169. The number of hydrogen-bond acceptors (Lipinski definition) is 16. The molecular formula is C74H68N12O10. The summed E-state index contributed by atoms with van der Waals surface area (Å²) in [4.78, 5) is 90.2. The summed E-state index contributed by atoms with van der Waals surface area (Å²) < 4.78 is 27.0. The van der Waals surface area contributed by atoms with Crippen molar-refractivity contribution in [3.05, 3.63) is 251 Å². The third-order valence-corrected chi connectivity index (χ3v) is 15.4. The molecule has 0 unspecified atom stereocenters. The van der Waals surface area contributed by atoms with E-state index in [-0.39, 0.29) is 69.1 Å². The Labute approximate surface area is 552 Å². The number of nitrogens with zero attached hydrogens (tertiary/aromatic N) is 9. The zero-order valence-electron chi connectivity index (χ0n) is 53.7. The summed E-state index contributed by atoms with van der Waals surface area (Å²) in [6, 6.07) is 46.8. The molecule has 0 radical (unpaired) electrons. The van der Waals surface area contributed by atoms with Crippen molar-refractivity contribution in [1.29, 1.82) is 15.8 Å². The second-order valence-corrected chi connectivity index (χ2v) is 22.9. The van der Waals surface area contributed by atoms with Crippen LogP contribution in [0.15, 0.2) is 200 Å². The molecule has 3 amide bonds. The van der Waals surface area contributed by atoms with E-state index in [4.69, 9.17) is 18.6 Å².